The molecule has 1 aromatic carbocycles. The van der Waals surface area contributed by atoms with Crippen LogP contribution in [0.25, 0.3) is 11.4 Å². The number of nitrogens with two attached hydrogens (primary N) is 1. The van der Waals surface area contributed by atoms with Gasteiger partial charge in [0.05, 0.1) is 24.1 Å². The minimum Gasteiger partial charge on any atom is -0.497 e. The van der Waals surface area contributed by atoms with Gasteiger partial charge in [0.2, 0.25) is 0 Å². The summed E-state index contributed by atoms with van der Waals surface area (Å²) in [5, 5.41) is 11.9. The number of hydrogen-bond acceptors (Lipinski definition) is 6. The molecule has 3 aromatic rings. The standard InChI is InChI=1S/C20H23N3O4S/c1-13-16(20(21)25)10-18(23(13)8-3-9-24)17-12-28-19(22-17)11-27-15-6-4-14(26-2)5-7-15/h4-7,10,12,24H,3,8-9,11H2,1-2H3,(H2,21,25). The van der Waals surface area contributed by atoms with E-state index in [0.29, 0.717) is 25.1 Å². The topological polar surface area (TPSA) is 99.6 Å². The van der Waals surface area contributed by atoms with E-state index in [1.807, 2.05) is 41.1 Å². The van der Waals surface area contributed by atoms with Gasteiger partial charge in [0.15, 0.2) is 0 Å². The second-order valence-electron chi connectivity index (χ2n) is 6.21. The molecule has 3 rings (SSSR count). The maximum Gasteiger partial charge on any atom is 0.250 e. The van der Waals surface area contributed by atoms with Gasteiger partial charge in [-0.05, 0) is 43.7 Å². The smallest absolute Gasteiger partial charge is 0.250 e. The van der Waals surface area contributed by atoms with Crippen LogP contribution < -0.4 is 15.2 Å². The number of carbonyl (C=O) groups excluding carboxylic acids is 1. The van der Waals surface area contributed by atoms with E-state index in [4.69, 9.17) is 20.3 Å². The number of benzene rings is 1. The first kappa shape index (κ1) is 19.9. The summed E-state index contributed by atoms with van der Waals surface area (Å²) in [6, 6.07) is 9.12. The van der Waals surface area contributed by atoms with Crippen molar-refractivity contribution in [2.75, 3.05) is 13.7 Å². The zero-order chi connectivity index (χ0) is 20.1. The SMILES string of the molecule is COc1ccc(OCc2nc(-c3cc(C(N)=O)c(C)n3CCCO)cs2)cc1. The van der Waals surface area contributed by atoms with Gasteiger partial charge < -0.3 is 24.9 Å². The molecule has 0 aliphatic rings. The number of primary amides is 1. The summed E-state index contributed by atoms with van der Waals surface area (Å²) in [6.07, 6.45) is 0.582. The van der Waals surface area contributed by atoms with Crippen LogP contribution in [-0.4, -0.2) is 34.3 Å². The lowest BCUT2D eigenvalue weighted by molar-refractivity contribution is 0.0999. The lowest BCUT2D eigenvalue weighted by Crippen LogP contribution is -2.12. The summed E-state index contributed by atoms with van der Waals surface area (Å²) in [6.45, 7) is 2.85. The normalized spacial score (nSPS) is 10.8. The summed E-state index contributed by atoms with van der Waals surface area (Å²) in [5.41, 5.74) is 8.31. The van der Waals surface area contributed by atoms with Gasteiger partial charge in [-0.25, -0.2) is 4.98 Å². The summed E-state index contributed by atoms with van der Waals surface area (Å²) in [5.74, 6) is 1.03. The van der Waals surface area contributed by atoms with E-state index in [9.17, 15) is 4.79 Å². The molecule has 0 bridgehead atoms. The zero-order valence-electron chi connectivity index (χ0n) is 15.8. The van der Waals surface area contributed by atoms with Crippen molar-refractivity contribution in [3.63, 3.8) is 0 Å². The Balaban J connectivity index is 1.78. The number of amides is 1. The van der Waals surface area contributed by atoms with Crippen LogP contribution in [0.15, 0.2) is 35.7 Å². The van der Waals surface area contributed by atoms with E-state index < -0.39 is 5.91 Å². The molecule has 0 fully saturated rings. The van der Waals surface area contributed by atoms with Crippen LogP contribution >= 0.6 is 11.3 Å². The molecule has 0 unspecified atom stereocenters. The molecule has 3 N–H and O–H groups in total. The van der Waals surface area contributed by atoms with Crippen molar-refractivity contribution in [3.8, 4) is 22.9 Å². The van der Waals surface area contributed by atoms with Crippen molar-refractivity contribution in [3.05, 3.63) is 52.0 Å². The third-order valence-electron chi connectivity index (χ3n) is 4.41. The van der Waals surface area contributed by atoms with Crippen LogP contribution in [0.1, 0.15) is 27.5 Å². The van der Waals surface area contributed by atoms with Gasteiger partial charge in [0, 0.05) is 24.2 Å². The molecular formula is C20H23N3O4S. The molecule has 1 amide bonds. The maximum absolute atomic E-state index is 11.7. The Labute approximate surface area is 167 Å². The number of ether oxygens (including phenoxy) is 2. The summed E-state index contributed by atoms with van der Waals surface area (Å²) >= 11 is 1.49. The molecule has 0 spiro atoms. The molecule has 7 nitrogen and oxygen atoms in total. The van der Waals surface area contributed by atoms with Crippen molar-refractivity contribution in [1.82, 2.24) is 9.55 Å². The highest BCUT2D eigenvalue weighted by Crippen LogP contribution is 2.28. The average Bonchev–Trinajstić information content (AvgIpc) is 3.29. The lowest BCUT2D eigenvalue weighted by Gasteiger charge is -2.09. The Kier molecular flexibility index (Phi) is 6.33. The van der Waals surface area contributed by atoms with Gasteiger partial charge in [0.1, 0.15) is 23.1 Å². The fraction of sp³-hybridized carbons (Fsp3) is 0.300. The molecule has 8 heteroatoms. The monoisotopic (exact) mass is 401 g/mol. The second-order valence-corrected chi connectivity index (χ2v) is 7.16. The van der Waals surface area contributed by atoms with Crippen molar-refractivity contribution in [2.45, 2.75) is 26.5 Å². The van der Waals surface area contributed by atoms with Crippen LogP contribution in [0.3, 0.4) is 0 Å². The predicted octanol–water partition coefficient (Wildman–Crippen LogP) is 2.99. The first-order chi connectivity index (χ1) is 13.5. The molecule has 2 heterocycles. The van der Waals surface area contributed by atoms with Crippen molar-refractivity contribution >= 4 is 17.2 Å². The Hall–Kier alpha value is -2.84. The molecule has 0 saturated heterocycles. The zero-order valence-corrected chi connectivity index (χ0v) is 16.7. The van der Waals surface area contributed by atoms with E-state index in [0.717, 1.165) is 33.6 Å². The van der Waals surface area contributed by atoms with Crippen LogP contribution in [-0.2, 0) is 13.2 Å². The molecule has 0 aliphatic heterocycles. The van der Waals surface area contributed by atoms with Crippen LogP contribution in [0.5, 0.6) is 11.5 Å². The molecule has 148 valence electrons. The number of thiazole rings is 1. The third-order valence-corrected chi connectivity index (χ3v) is 5.23. The molecule has 28 heavy (non-hydrogen) atoms. The van der Waals surface area contributed by atoms with Gasteiger partial charge in [-0.1, -0.05) is 0 Å². The number of rotatable bonds is 9. The Morgan fingerprint density at radius 2 is 2.00 bits per heavy atom. The molecular weight excluding hydrogens is 378 g/mol. The van der Waals surface area contributed by atoms with Gasteiger partial charge in [-0.15, -0.1) is 11.3 Å². The molecule has 0 saturated carbocycles. The number of aromatic nitrogens is 2. The highest BCUT2D eigenvalue weighted by atomic mass is 32.1. The number of methoxy groups -OCH3 is 1. The predicted molar refractivity (Wildman–Crippen MR) is 108 cm³/mol. The van der Waals surface area contributed by atoms with Crippen LogP contribution in [0.2, 0.25) is 0 Å². The molecule has 0 radical (unpaired) electrons. The Morgan fingerprint density at radius 3 is 2.64 bits per heavy atom. The largest absolute Gasteiger partial charge is 0.497 e. The highest BCUT2D eigenvalue weighted by Gasteiger charge is 2.18. The first-order valence-electron chi connectivity index (χ1n) is 8.86. The van der Waals surface area contributed by atoms with Gasteiger partial charge >= 0.3 is 0 Å². The minimum absolute atomic E-state index is 0.0704. The Morgan fingerprint density at radius 1 is 1.29 bits per heavy atom. The number of nitrogens with zero attached hydrogens (tertiary/aromatic N) is 2. The first-order valence-corrected chi connectivity index (χ1v) is 9.74. The number of aliphatic hydroxyl groups is 1. The van der Waals surface area contributed by atoms with Crippen LogP contribution in [0, 0.1) is 6.92 Å². The minimum atomic E-state index is -0.472. The summed E-state index contributed by atoms with van der Waals surface area (Å²) in [4.78, 5) is 16.4. The molecule has 0 atom stereocenters. The lowest BCUT2D eigenvalue weighted by atomic mass is 10.2. The second kappa shape index (κ2) is 8.90. The van der Waals surface area contributed by atoms with Crippen molar-refractivity contribution in [1.29, 1.82) is 0 Å². The number of carbonyl (C=O) groups is 1. The van der Waals surface area contributed by atoms with Gasteiger partial charge in [-0.2, -0.15) is 0 Å². The van der Waals surface area contributed by atoms with Crippen molar-refractivity contribution < 1.29 is 19.4 Å². The average molecular weight is 401 g/mol. The van der Waals surface area contributed by atoms with E-state index in [-0.39, 0.29) is 6.61 Å². The quantitative estimate of drug-likeness (QED) is 0.574. The van der Waals surface area contributed by atoms with Gasteiger partial charge in [-0.3, -0.25) is 4.79 Å². The van der Waals surface area contributed by atoms with Gasteiger partial charge in [0.25, 0.3) is 5.91 Å². The van der Waals surface area contributed by atoms with E-state index in [2.05, 4.69) is 4.98 Å². The Bertz CT molecular complexity index is 947. The molecule has 0 aliphatic carbocycles. The number of hydrogen-bond donors (Lipinski definition) is 2. The molecule has 2 aromatic heterocycles. The maximum atomic E-state index is 11.7. The summed E-state index contributed by atoms with van der Waals surface area (Å²) < 4.78 is 12.9. The fourth-order valence-electron chi connectivity index (χ4n) is 2.94. The van der Waals surface area contributed by atoms with E-state index in [1.165, 1.54) is 11.3 Å². The third kappa shape index (κ3) is 4.35. The number of aliphatic hydroxyl groups excluding tert-OH is 1. The van der Waals surface area contributed by atoms with E-state index in [1.54, 1.807) is 13.2 Å². The van der Waals surface area contributed by atoms with Crippen molar-refractivity contribution in [2.24, 2.45) is 5.73 Å². The highest BCUT2D eigenvalue weighted by molar-refractivity contribution is 7.09. The fourth-order valence-corrected chi connectivity index (χ4v) is 3.63. The summed E-state index contributed by atoms with van der Waals surface area (Å²) in [7, 11) is 1.62. The van der Waals surface area contributed by atoms with E-state index >= 15 is 0 Å². The van der Waals surface area contributed by atoms with Crippen LogP contribution in [0.4, 0.5) is 0 Å².